The highest BCUT2D eigenvalue weighted by atomic mass is 19.1. The Morgan fingerprint density at radius 2 is 2.24 bits per heavy atom. The third kappa shape index (κ3) is 1.99. The number of benzene rings is 1. The van der Waals surface area contributed by atoms with E-state index in [9.17, 15) is 4.39 Å². The topological polar surface area (TPSA) is 60.2 Å². The molecule has 0 aliphatic heterocycles. The van der Waals surface area contributed by atoms with E-state index in [0.29, 0.717) is 17.1 Å². The minimum absolute atomic E-state index is 0.175. The Kier molecular flexibility index (Phi) is 3.06. The van der Waals surface area contributed by atoms with Crippen molar-refractivity contribution >= 4 is 0 Å². The predicted molar refractivity (Wildman–Crippen MR) is 58.5 cm³/mol. The van der Waals surface area contributed by atoms with Crippen LogP contribution in [0, 0.1) is 12.7 Å². The van der Waals surface area contributed by atoms with Crippen molar-refractivity contribution in [1.82, 2.24) is 15.0 Å². The first-order valence-electron chi connectivity index (χ1n) is 5.03. The van der Waals surface area contributed by atoms with E-state index >= 15 is 0 Å². The lowest BCUT2D eigenvalue weighted by molar-refractivity contribution is 0.276. The van der Waals surface area contributed by atoms with E-state index in [4.69, 9.17) is 9.84 Å². The number of aliphatic hydroxyl groups excluding tert-OH is 1. The molecule has 6 heteroatoms. The Morgan fingerprint density at radius 1 is 1.47 bits per heavy atom. The van der Waals surface area contributed by atoms with Gasteiger partial charge in [0, 0.05) is 6.07 Å². The summed E-state index contributed by atoms with van der Waals surface area (Å²) < 4.78 is 19.8. The van der Waals surface area contributed by atoms with Gasteiger partial charge in [-0.15, -0.1) is 5.10 Å². The number of hydrogen-bond donors (Lipinski definition) is 1. The highest BCUT2D eigenvalue weighted by molar-refractivity contribution is 5.39. The highest BCUT2D eigenvalue weighted by Gasteiger charge is 2.11. The van der Waals surface area contributed by atoms with Crippen LogP contribution in [0.2, 0.25) is 0 Å². The second kappa shape index (κ2) is 4.50. The monoisotopic (exact) mass is 237 g/mol. The maximum atomic E-state index is 13.5. The summed E-state index contributed by atoms with van der Waals surface area (Å²) in [5, 5.41) is 16.7. The number of halogens is 1. The Morgan fingerprint density at radius 3 is 2.76 bits per heavy atom. The Bertz CT molecular complexity index is 540. The standard InChI is InChI=1S/C11H12FN3O2/c1-7-10(6-16)13-14-15(7)8-3-4-11(17-2)9(12)5-8/h3-5,16H,6H2,1-2H3. The largest absolute Gasteiger partial charge is 0.494 e. The van der Waals surface area contributed by atoms with E-state index in [-0.39, 0.29) is 12.4 Å². The summed E-state index contributed by atoms with van der Waals surface area (Å²) in [7, 11) is 1.41. The fourth-order valence-corrected chi connectivity index (χ4v) is 1.54. The normalized spacial score (nSPS) is 10.6. The first-order chi connectivity index (χ1) is 8.17. The number of nitrogens with zero attached hydrogens (tertiary/aromatic N) is 3. The van der Waals surface area contributed by atoms with E-state index in [2.05, 4.69) is 10.3 Å². The van der Waals surface area contributed by atoms with Crippen LogP contribution in [0.25, 0.3) is 5.69 Å². The third-order valence-corrected chi connectivity index (χ3v) is 2.52. The van der Waals surface area contributed by atoms with Crippen LogP contribution in [0.5, 0.6) is 5.75 Å². The molecule has 0 unspecified atom stereocenters. The average molecular weight is 237 g/mol. The van der Waals surface area contributed by atoms with Crippen molar-refractivity contribution in [3.05, 3.63) is 35.4 Å². The van der Waals surface area contributed by atoms with Crippen LogP contribution >= 0.6 is 0 Å². The van der Waals surface area contributed by atoms with Gasteiger partial charge < -0.3 is 9.84 Å². The maximum Gasteiger partial charge on any atom is 0.167 e. The zero-order valence-corrected chi connectivity index (χ0v) is 9.51. The van der Waals surface area contributed by atoms with Crippen LogP contribution in [-0.2, 0) is 6.61 Å². The van der Waals surface area contributed by atoms with Crippen LogP contribution in [0.3, 0.4) is 0 Å². The summed E-state index contributed by atoms with van der Waals surface area (Å²) in [6.45, 7) is 1.57. The summed E-state index contributed by atoms with van der Waals surface area (Å²) in [6.07, 6.45) is 0. The van der Waals surface area contributed by atoms with Gasteiger partial charge in [-0.05, 0) is 19.1 Å². The van der Waals surface area contributed by atoms with Crippen LogP contribution in [0.1, 0.15) is 11.4 Å². The smallest absolute Gasteiger partial charge is 0.167 e. The zero-order valence-electron chi connectivity index (χ0n) is 9.51. The molecule has 0 spiro atoms. The van der Waals surface area contributed by atoms with Crippen LogP contribution in [0.15, 0.2) is 18.2 Å². The number of methoxy groups -OCH3 is 1. The molecule has 2 rings (SSSR count). The first kappa shape index (κ1) is 11.5. The number of aliphatic hydroxyl groups is 1. The molecular formula is C11H12FN3O2. The van der Waals surface area contributed by atoms with Crippen molar-refractivity contribution in [2.75, 3.05) is 7.11 Å². The van der Waals surface area contributed by atoms with Crippen molar-refractivity contribution < 1.29 is 14.2 Å². The van der Waals surface area contributed by atoms with Gasteiger partial charge in [-0.25, -0.2) is 9.07 Å². The fraction of sp³-hybridized carbons (Fsp3) is 0.273. The molecule has 0 aliphatic rings. The average Bonchev–Trinajstić information content (AvgIpc) is 2.70. The van der Waals surface area contributed by atoms with Gasteiger partial charge in [0.05, 0.1) is 25.1 Å². The minimum Gasteiger partial charge on any atom is -0.494 e. The molecule has 17 heavy (non-hydrogen) atoms. The van der Waals surface area contributed by atoms with E-state index in [1.54, 1.807) is 13.0 Å². The van der Waals surface area contributed by atoms with E-state index in [0.717, 1.165) is 0 Å². The lowest BCUT2D eigenvalue weighted by Gasteiger charge is -2.06. The summed E-state index contributed by atoms with van der Waals surface area (Å²) in [6, 6.07) is 4.50. The molecule has 0 fully saturated rings. The molecule has 0 radical (unpaired) electrons. The van der Waals surface area contributed by atoms with Crippen molar-refractivity contribution in [2.24, 2.45) is 0 Å². The molecule has 5 nitrogen and oxygen atoms in total. The minimum atomic E-state index is -0.467. The van der Waals surface area contributed by atoms with E-state index < -0.39 is 5.82 Å². The molecule has 1 heterocycles. The van der Waals surface area contributed by atoms with Crippen molar-refractivity contribution in [1.29, 1.82) is 0 Å². The molecular weight excluding hydrogens is 225 g/mol. The van der Waals surface area contributed by atoms with Crippen molar-refractivity contribution in [3.8, 4) is 11.4 Å². The number of hydrogen-bond acceptors (Lipinski definition) is 4. The number of ether oxygens (including phenoxy) is 1. The fourth-order valence-electron chi connectivity index (χ4n) is 1.54. The van der Waals surface area contributed by atoms with Gasteiger partial charge in [0.15, 0.2) is 11.6 Å². The van der Waals surface area contributed by atoms with Crippen LogP contribution in [-0.4, -0.2) is 27.2 Å². The van der Waals surface area contributed by atoms with Gasteiger partial charge in [0.2, 0.25) is 0 Å². The van der Waals surface area contributed by atoms with Crippen LogP contribution in [0.4, 0.5) is 4.39 Å². The lowest BCUT2D eigenvalue weighted by Crippen LogP contribution is -2.01. The zero-order chi connectivity index (χ0) is 12.4. The Balaban J connectivity index is 2.46. The molecule has 1 N–H and O–H groups in total. The second-order valence-electron chi connectivity index (χ2n) is 3.51. The van der Waals surface area contributed by atoms with Crippen molar-refractivity contribution in [2.45, 2.75) is 13.5 Å². The number of aromatic nitrogens is 3. The highest BCUT2D eigenvalue weighted by Crippen LogP contribution is 2.20. The van der Waals surface area contributed by atoms with E-state index in [1.165, 1.54) is 23.9 Å². The summed E-state index contributed by atoms with van der Waals surface area (Å²) in [5.41, 5.74) is 1.69. The van der Waals surface area contributed by atoms with Gasteiger partial charge in [-0.1, -0.05) is 5.21 Å². The second-order valence-corrected chi connectivity index (χ2v) is 3.51. The predicted octanol–water partition coefficient (Wildman–Crippen LogP) is 1.22. The van der Waals surface area contributed by atoms with Gasteiger partial charge in [-0.3, -0.25) is 0 Å². The van der Waals surface area contributed by atoms with Gasteiger partial charge in [0.1, 0.15) is 5.69 Å². The lowest BCUT2D eigenvalue weighted by atomic mass is 10.2. The maximum absolute atomic E-state index is 13.5. The molecule has 0 bridgehead atoms. The van der Waals surface area contributed by atoms with Crippen LogP contribution < -0.4 is 4.74 Å². The Hall–Kier alpha value is -1.95. The molecule has 2 aromatic rings. The third-order valence-electron chi connectivity index (χ3n) is 2.52. The quantitative estimate of drug-likeness (QED) is 0.871. The molecule has 1 aromatic carbocycles. The molecule has 0 aliphatic carbocycles. The molecule has 1 aromatic heterocycles. The van der Waals surface area contributed by atoms with Gasteiger partial charge in [0.25, 0.3) is 0 Å². The summed E-state index contributed by atoms with van der Waals surface area (Å²) >= 11 is 0. The molecule has 0 saturated carbocycles. The number of rotatable bonds is 3. The molecule has 0 amide bonds. The van der Waals surface area contributed by atoms with Gasteiger partial charge >= 0.3 is 0 Å². The first-order valence-corrected chi connectivity index (χ1v) is 5.03. The summed E-state index contributed by atoms with van der Waals surface area (Å²) in [4.78, 5) is 0. The molecule has 0 saturated heterocycles. The van der Waals surface area contributed by atoms with E-state index in [1.807, 2.05) is 0 Å². The van der Waals surface area contributed by atoms with Crippen molar-refractivity contribution in [3.63, 3.8) is 0 Å². The Labute approximate surface area is 97.5 Å². The molecule has 0 atom stereocenters. The summed E-state index contributed by atoms with van der Waals surface area (Å²) in [5.74, 6) is -0.292. The SMILES string of the molecule is COc1ccc(-n2nnc(CO)c2C)cc1F. The van der Waals surface area contributed by atoms with Gasteiger partial charge in [-0.2, -0.15) is 0 Å². The molecule has 90 valence electrons.